The standard InChI is InChI=1S/C11H10ClFN2O4/c1-6(16)14-15-10(17)5-19-11(18)8-3-2-7(12)4-9(8)13/h2-4H,5H2,1H3,(H,14,16)(H,15,17). The number of hydrazine groups is 1. The predicted octanol–water partition coefficient (Wildman–Crippen LogP) is 0.803. The minimum atomic E-state index is -1.01. The van der Waals surface area contributed by atoms with E-state index < -0.39 is 30.2 Å². The summed E-state index contributed by atoms with van der Waals surface area (Å²) in [7, 11) is 0. The molecule has 102 valence electrons. The molecule has 0 spiro atoms. The Morgan fingerprint density at radius 3 is 2.58 bits per heavy atom. The Balaban J connectivity index is 2.51. The van der Waals surface area contributed by atoms with Gasteiger partial charge in [0.05, 0.1) is 5.56 Å². The number of nitrogens with one attached hydrogen (secondary N) is 2. The number of ether oxygens (including phenoxy) is 1. The summed E-state index contributed by atoms with van der Waals surface area (Å²) in [6.45, 7) is 0.538. The fourth-order valence-electron chi connectivity index (χ4n) is 1.06. The summed E-state index contributed by atoms with van der Waals surface area (Å²) in [5.41, 5.74) is 3.65. The highest BCUT2D eigenvalue weighted by Gasteiger charge is 2.15. The normalized spacial score (nSPS) is 9.63. The van der Waals surface area contributed by atoms with Gasteiger partial charge in [0.15, 0.2) is 6.61 Å². The third-order valence-corrected chi connectivity index (χ3v) is 2.10. The van der Waals surface area contributed by atoms with Gasteiger partial charge < -0.3 is 4.74 Å². The monoisotopic (exact) mass is 288 g/mol. The minimum absolute atomic E-state index is 0.137. The van der Waals surface area contributed by atoms with Crippen LogP contribution in [0.5, 0.6) is 0 Å². The zero-order valence-corrected chi connectivity index (χ0v) is 10.6. The summed E-state index contributed by atoms with van der Waals surface area (Å²) in [6.07, 6.45) is 0. The molecule has 1 rings (SSSR count). The van der Waals surface area contributed by atoms with Crippen LogP contribution < -0.4 is 10.9 Å². The molecule has 1 aromatic carbocycles. The second-order valence-electron chi connectivity index (χ2n) is 3.43. The number of hydrogen-bond acceptors (Lipinski definition) is 4. The van der Waals surface area contributed by atoms with Crippen LogP contribution in [0.4, 0.5) is 4.39 Å². The Bertz CT molecular complexity index is 521. The Morgan fingerprint density at radius 2 is 2.00 bits per heavy atom. The summed E-state index contributed by atoms with van der Waals surface area (Å²) >= 11 is 5.52. The molecule has 1 aromatic rings. The summed E-state index contributed by atoms with van der Waals surface area (Å²) < 4.78 is 17.9. The van der Waals surface area contributed by atoms with Gasteiger partial charge in [-0.05, 0) is 18.2 Å². The zero-order valence-electron chi connectivity index (χ0n) is 9.83. The van der Waals surface area contributed by atoms with E-state index in [1.54, 1.807) is 0 Å². The van der Waals surface area contributed by atoms with Crippen molar-refractivity contribution >= 4 is 29.4 Å². The SMILES string of the molecule is CC(=O)NNC(=O)COC(=O)c1ccc(Cl)cc1F. The molecule has 0 heterocycles. The maximum Gasteiger partial charge on any atom is 0.341 e. The molecule has 0 aliphatic carbocycles. The highest BCUT2D eigenvalue weighted by molar-refractivity contribution is 6.30. The number of halogens is 2. The van der Waals surface area contributed by atoms with Crippen LogP contribution in [0.25, 0.3) is 0 Å². The van der Waals surface area contributed by atoms with Gasteiger partial charge in [0.2, 0.25) is 5.91 Å². The molecular weight excluding hydrogens is 279 g/mol. The van der Waals surface area contributed by atoms with Gasteiger partial charge in [-0.25, -0.2) is 9.18 Å². The third kappa shape index (κ3) is 4.92. The van der Waals surface area contributed by atoms with Crippen LogP contribution in [0.1, 0.15) is 17.3 Å². The molecule has 2 N–H and O–H groups in total. The van der Waals surface area contributed by atoms with Crippen LogP contribution in [-0.2, 0) is 14.3 Å². The van der Waals surface area contributed by atoms with E-state index in [0.717, 1.165) is 12.1 Å². The number of benzene rings is 1. The molecule has 0 bridgehead atoms. The summed E-state index contributed by atoms with van der Waals surface area (Å²) in [4.78, 5) is 33.0. The highest BCUT2D eigenvalue weighted by Crippen LogP contribution is 2.15. The van der Waals surface area contributed by atoms with Gasteiger partial charge >= 0.3 is 5.97 Å². The fourth-order valence-corrected chi connectivity index (χ4v) is 1.22. The molecule has 0 unspecified atom stereocenters. The van der Waals surface area contributed by atoms with E-state index in [1.165, 1.54) is 13.0 Å². The van der Waals surface area contributed by atoms with Crippen molar-refractivity contribution in [1.29, 1.82) is 0 Å². The van der Waals surface area contributed by atoms with Gasteiger partial charge in [0.25, 0.3) is 5.91 Å². The number of carbonyl (C=O) groups is 3. The van der Waals surface area contributed by atoms with Gasteiger partial charge in [-0.15, -0.1) is 0 Å². The molecule has 6 nitrogen and oxygen atoms in total. The van der Waals surface area contributed by atoms with Gasteiger partial charge in [0.1, 0.15) is 5.82 Å². The molecule has 0 aromatic heterocycles. The van der Waals surface area contributed by atoms with Crippen LogP contribution >= 0.6 is 11.6 Å². The lowest BCUT2D eigenvalue weighted by Crippen LogP contribution is -2.42. The summed E-state index contributed by atoms with van der Waals surface area (Å²) in [5.74, 6) is -3.09. The first-order chi connectivity index (χ1) is 8.90. The van der Waals surface area contributed by atoms with E-state index >= 15 is 0 Å². The smallest absolute Gasteiger partial charge is 0.341 e. The Hall–Kier alpha value is -2.15. The highest BCUT2D eigenvalue weighted by atomic mass is 35.5. The zero-order chi connectivity index (χ0) is 14.4. The fraction of sp³-hybridized carbons (Fsp3) is 0.182. The number of esters is 1. The second-order valence-corrected chi connectivity index (χ2v) is 3.87. The maximum absolute atomic E-state index is 13.3. The van der Waals surface area contributed by atoms with Gasteiger partial charge in [-0.3, -0.25) is 20.4 Å². The third-order valence-electron chi connectivity index (χ3n) is 1.86. The average molecular weight is 289 g/mol. The molecule has 0 aliphatic rings. The quantitative estimate of drug-likeness (QED) is 0.636. The van der Waals surface area contributed by atoms with Gasteiger partial charge in [-0.1, -0.05) is 11.6 Å². The van der Waals surface area contributed by atoms with Crippen LogP contribution in [-0.4, -0.2) is 24.4 Å². The van der Waals surface area contributed by atoms with Crippen LogP contribution in [0.15, 0.2) is 18.2 Å². The first-order valence-corrected chi connectivity index (χ1v) is 5.45. The lowest BCUT2D eigenvalue weighted by atomic mass is 10.2. The summed E-state index contributed by atoms with van der Waals surface area (Å²) in [5, 5.41) is 0.137. The Morgan fingerprint density at radius 1 is 1.32 bits per heavy atom. The lowest BCUT2D eigenvalue weighted by Gasteiger charge is -2.07. The molecule has 0 saturated heterocycles. The number of amides is 2. The average Bonchev–Trinajstić information content (AvgIpc) is 2.33. The number of carbonyl (C=O) groups excluding carboxylic acids is 3. The van der Waals surface area contributed by atoms with E-state index in [2.05, 4.69) is 4.74 Å². The number of hydrogen-bond donors (Lipinski definition) is 2. The molecule has 2 amide bonds. The molecule has 19 heavy (non-hydrogen) atoms. The Kier molecular flexibility index (Phi) is 5.25. The molecular formula is C11H10ClFN2O4. The lowest BCUT2D eigenvalue weighted by molar-refractivity contribution is -0.129. The van der Waals surface area contributed by atoms with Crippen molar-refractivity contribution in [3.8, 4) is 0 Å². The van der Waals surface area contributed by atoms with Crippen LogP contribution in [0, 0.1) is 5.82 Å². The van der Waals surface area contributed by atoms with Crippen molar-refractivity contribution in [3.05, 3.63) is 34.6 Å². The van der Waals surface area contributed by atoms with E-state index in [9.17, 15) is 18.8 Å². The predicted molar refractivity (Wildman–Crippen MR) is 63.7 cm³/mol. The van der Waals surface area contributed by atoms with Crippen molar-refractivity contribution in [2.45, 2.75) is 6.92 Å². The first kappa shape index (κ1) is 14.9. The van der Waals surface area contributed by atoms with E-state index in [4.69, 9.17) is 11.6 Å². The minimum Gasteiger partial charge on any atom is -0.452 e. The van der Waals surface area contributed by atoms with E-state index in [-0.39, 0.29) is 10.6 Å². The van der Waals surface area contributed by atoms with Crippen molar-refractivity contribution in [2.75, 3.05) is 6.61 Å². The largest absolute Gasteiger partial charge is 0.452 e. The topological polar surface area (TPSA) is 84.5 Å². The number of rotatable bonds is 3. The summed E-state index contributed by atoms with van der Waals surface area (Å²) in [6, 6.07) is 3.42. The molecule has 0 aliphatic heterocycles. The van der Waals surface area contributed by atoms with E-state index in [1.807, 2.05) is 10.9 Å². The van der Waals surface area contributed by atoms with Crippen LogP contribution in [0.3, 0.4) is 0 Å². The van der Waals surface area contributed by atoms with Crippen molar-refractivity contribution < 1.29 is 23.5 Å². The molecule has 0 atom stereocenters. The van der Waals surface area contributed by atoms with Crippen LogP contribution in [0.2, 0.25) is 5.02 Å². The molecule has 0 saturated carbocycles. The van der Waals surface area contributed by atoms with Gasteiger partial charge in [0, 0.05) is 11.9 Å². The Labute approximate surface area is 112 Å². The van der Waals surface area contributed by atoms with Crippen molar-refractivity contribution in [2.24, 2.45) is 0 Å². The van der Waals surface area contributed by atoms with E-state index in [0.29, 0.717) is 0 Å². The second kappa shape index (κ2) is 6.69. The molecule has 0 fully saturated rings. The first-order valence-electron chi connectivity index (χ1n) is 5.07. The van der Waals surface area contributed by atoms with Crippen molar-refractivity contribution in [3.63, 3.8) is 0 Å². The maximum atomic E-state index is 13.3. The molecule has 0 radical (unpaired) electrons. The van der Waals surface area contributed by atoms with Gasteiger partial charge in [-0.2, -0.15) is 0 Å². The molecule has 8 heteroatoms. The van der Waals surface area contributed by atoms with Crippen molar-refractivity contribution in [1.82, 2.24) is 10.9 Å².